The highest BCUT2D eigenvalue weighted by Crippen LogP contribution is 2.37. The molecule has 0 aliphatic heterocycles. The molecule has 0 N–H and O–H groups in total. The van der Waals surface area contributed by atoms with Crippen molar-refractivity contribution in [3.8, 4) is 11.5 Å². The van der Waals surface area contributed by atoms with Crippen LogP contribution in [-0.4, -0.2) is 40.0 Å². The molecule has 0 radical (unpaired) electrons. The summed E-state index contributed by atoms with van der Waals surface area (Å²) in [6.07, 6.45) is 1.82. The highest BCUT2D eigenvalue weighted by atomic mass is 35.5. The molecule has 112 valence electrons. The fraction of sp³-hybridized carbons (Fsp3) is 0.538. The first-order valence-corrected chi connectivity index (χ1v) is 8.22. The van der Waals surface area contributed by atoms with Gasteiger partial charge in [0.1, 0.15) is 0 Å². The molecule has 0 aromatic heterocycles. The lowest BCUT2D eigenvalue weighted by molar-refractivity contribution is 0.351. The molecule has 2 rings (SSSR count). The fourth-order valence-electron chi connectivity index (χ4n) is 2.06. The Kier molecular flexibility index (Phi) is 4.46. The highest BCUT2D eigenvalue weighted by molar-refractivity contribution is 7.89. The zero-order valence-electron chi connectivity index (χ0n) is 11.7. The molecule has 0 saturated heterocycles. The van der Waals surface area contributed by atoms with E-state index in [4.69, 9.17) is 21.1 Å². The number of rotatable bonds is 6. The molecular weight excluding hydrogens is 302 g/mol. The van der Waals surface area contributed by atoms with E-state index in [1.807, 2.05) is 0 Å². The number of sulfonamides is 1. The first-order valence-electron chi connectivity index (χ1n) is 6.24. The van der Waals surface area contributed by atoms with Crippen LogP contribution in [0.25, 0.3) is 0 Å². The standard InChI is InChI=1S/C13H18ClNO4S/c1-15(10-4-5-10)20(16,17)11-6-9(8-14)13(19-3)12(7-11)18-2/h6-7,10H,4-5,8H2,1-3H3. The molecule has 0 heterocycles. The molecule has 0 spiro atoms. The van der Waals surface area contributed by atoms with Crippen LogP contribution in [-0.2, 0) is 15.9 Å². The van der Waals surface area contributed by atoms with E-state index in [0.717, 1.165) is 12.8 Å². The second kappa shape index (κ2) is 5.79. The van der Waals surface area contributed by atoms with Crippen molar-refractivity contribution >= 4 is 21.6 Å². The second-order valence-corrected chi connectivity index (χ2v) is 6.97. The smallest absolute Gasteiger partial charge is 0.243 e. The van der Waals surface area contributed by atoms with E-state index in [9.17, 15) is 8.42 Å². The predicted molar refractivity (Wildman–Crippen MR) is 77.1 cm³/mol. The van der Waals surface area contributed by atoms with Gasteiger partial charge in [0.2, 0.25) is 10.0 Å². The summed E-state index contributed by atoms with van der Waals surface area (Å²) in [4.78, 5) is 0.181. The van der Waals surface area contributed by atoms with E-state index in [-0.39, 0.29) is 16.8 Å². The Bertz CT molecular complexity index is 573. The van der Waals surface area contributed by atoms with Gasteiger partial charge in [-0.25, -0.2) is 8.42 Å². The summed E-state index contributed by atoms with van der Waals surface area (Å²) in [5.74, 6) is 0.986. The van der Waals surface area contributed by atoms with Crippen LogP contribution in [0.3, 0.4) is 0 Å². The normalized spacial score (nSPS) is 15.4. The molecule has 0 bridgehead atoms. The Labute approximate surface area is 124 Å². The Morgan fingerprint density at radius 3 is 2.40 bits per heavy atom. The molecule has 7 heteroatoms. The minimum atomic E-state index is -3.53. The molecule has 20 heavy (non-hydrogen) atoms. The fourth-order valence-corrected chi connectivity index (χ4v) is 3.75. The summed E-state index contributed by atoms with van der Waals surface area (Å²) in [5.41, 5.74) is 0.594. The molecule has 5 nitrogen and oxygen atoms in total. The molecule has 1 aliphatic carbocycles. The van der Waals surface area contributed by atoms with E-state index < -0.39 is 10.0 Å². The average Bonchev–Trinajstić information content (AvgIpc) is 3.28. The van der Waals surface area contributed by atoms with Crippen LogP contribution >= 0.6 is 11.6 Å². The Hall–Kier alpha value is -0.980. The van der Waals surface area contributed by atoms with Gasteiger partial charge in [0, 0.05) is 24.7 Å². The van der Waals surface area contributed by atoms with Crippen LogP contribution in [0.2, 0.25) is 0 Å². The van der Waals surface area contributed by atoms with Crippen molar-refractivity contribution in [1.82, 2.24) is 4.31 Å². The minimum Gasteiger partial charge on any atom is -0.493 e. The second-order valence-electron chi connectivity index (χ2n) is 4.70. The number of halogens is 1. The first-order chi connectivity index (χ1) is 9.45. The van der Waals surface area contributed by atoms with Gasteiger partial charge in [-0.3, -0.25) is 0 Å². The Balaban J connectivity index is 2.51. The first kappa shape index (κ1) is 15.4. The third-order valence-corrected chi connectivity index (χ3v) is 5.59. The van der Waals surface area contributed by atoms with Gasteiger partial charge in [-0.05, 0) is 18.9 Å². The summed E-state index contributed by atoms with van der Waals surface area (Å²) < 4.78 is 36.9. The van der Waals surface area contributed by atoms with Gasteiger partial charge in [0.15, 0.2) is 11.5 Å². The van der Waals surface area contributed by atoms with Crippen LogP contribution in [0, 0.1) is 0 Å². The maximum atomic E-state index is 12.5. The van der Waals surface area contributed by atoms with Gasteiger partial charge in [-0.1, -0.05) is 0 Å². The summed E-state index contributed by atoms with van der Waals surface area (Å²) >= 11 is 5.87. The van der Waals surface area contributed by atoms with Gasteiger partial charge in [-0.15, -0.1) is 11.6 Å². The third-order valence-electron chi connectivity index (χ3n) is 3.41. The molecule has 1 aromatic rings. The van der Waals surface area contributed by atoms with Gasteiger partial charge in [-0.2, -0.15) is 4.31 Å². The molecule has 1 aromatic carbocycles. The number of hydrogen-bond donors (Lipinski definition) is 0. The maximum absolute atomic E-state index is 12.5. The van der Waals surface area contributed by atoms with Crippen molar-refractivity contribution in [3.05, 3.63) is 17.7 Å². The van der Waals surface area contributed by atoms with Crippen LogP contribution in [0.1, 0.15) is 18.4 Å². The van der Waals surface area contributed by atoms with Crippen molar-refractivity contribution in [1.29, 1.82) is 0 Å². The molecule has 1 saturated carbocycles. The van der Waals surface area contributed by atoms with Gasteiger partial charge < -0.3 is 9.47 Å². The number of ether oxygens (including phenoxy) is 2. The number of methoxy groups -OCH3 is 2. The number of hydrogen-bond acceptors (Lipinski definition) is 4. The number of benzene rings is 1. The van der Waals surface area contributed by atoms with Crippen LogP contribution < -0.4 is 9.47 Å². The minimum absolute atomic E-state index is 0.104. The van der Waals surface area contributed by atoms with Crippen molar-refractivity contribution in [3.63, 3.8) is 0 Å². The third kappa shape index (κ3) is 2.73. The molecule has 0 unspecified atom stereocenters. The molecule has 1 aliphatic rings. The van der Waals surface area contributed by atoms with Crippen molar-refractivity contribution in [2.45, 2.75) is 29.7 Å². The predicted octanol–water partition coefficient (Wildman–Crippen LogP) is 2.23. The van der Waals surface area contributed by atoms with Crippen LogP contribution in [0.5, 0.6) is 11.5 Å². The Morgan fingerprint density at radius 1 is 1.30 bits per heavy atom. The van der Waals surface area contributed by atoms with E-state index in [0.29, 0.717) is 17.1 Å². The van der Waals surface area contributed by atoms with E-state index in [1.165, 1.54) is 24.6 Å². The summed E-state index contributed by atoms with van der Waals surface area (Å²) in [7, 11) is 1.04. The average molecular weight is 320 g/mol. The monoisotopic (exact) mass is 319 g/mol. The zero-order valence-corrected chi connectivity index (χ0v) is 13.3. The topological polar surface area (TPSA) is 55.8 Å². The lowest BCUT2D eigenvalue weighted by Gasteiger charge is -2.19. The molecule has 0 amide bonds. The largest absolute Gasteiger partial charge is 0.493 e. The number of nitrogens with zero attached hydrogens (tertiary/aromatic N) is 1. The molecular formula is C13H18ClNO4S. The van der Waals surface area contributed by atoms with Crippen LogP contribution in [0.15, 0.2) is 17.0 Å². The van der Waals surface area contributed by atoms with E-state index >= 15 is 0 Å². The summed E-state index contributed by atoms with van der Waals surface area (Å²) in [6, 6.07) is 3.12. The van der Waals surface area contributed by atoms with E-state index in [1.54, 1.807) is 13.1 Å². The zero-order chi connectivity index (χ0) is 14.9. The molecule has 1 fully saturated rings. The van der Waals surface area contributed by atoms with Gasteiger partial charge >= 0.3 is 0 Å². The maximum Gasteiger partial charge on any atom is 0.243 e. The van der Waals surface area contributed by atoms with Crippen molar-refractivity contribution < 1.29 is 17.9 Å². The van der Waals surface area contributed by atoms with Gasteiger partial charge in [0.25, 0.3) is 0 Å². The molecule has 0 atom stereocenters. The van der Waals surface area contributed by atoms with Crippen molar-refractivity contribution in [2.75, 3.05) is 21.3 Å². The summed E-state index contributed by atoms with van der Waals surface area (Å²) in [6.45, 7) is 0. The van der Waals surface area contributed by atoms with Crippen LogP contribution in [0.4, 0.5) is 0 Å². The quantitative estimate of drug-likeness (QED) is 0.754. The number of alkyl halides is 1. The lowest BCUT2D eigenvalue weighted by Crippen LogP contribution is -2.29. The highest BCUT2D eigenvalue weighted by Gasteiger charge is 2.35. The SMILES string of the molecule is COc1cc(S(=O)(=O)N(C)C2CC2)cc(CCl)c1OC. The lowest BCUT2D eigenvalue weighted by atomic mass is 10.2. The van der Waals surface area contributed by atoms with E-state index in [2.05, 4.69) is 0 Å². The van der Waals surface area contributed by atoms with Crippen molar-refractivity contribution in [2.24, 2.45) is 0 Å². The summed E-state index contributed by atoms with van der Waals surface area (Å²) in [5, 5.41) is 0. The van der Waals surface area contributed by atoms with Gasteiger partial charge in [0.05, 0.1) is 25.0 Å². The Morgan fingerprint density at radius 2 is 1.95 bits per heavy atom.